The lowest BCUT2D eigenvalue weighted by Crippen LogP contribution is -2.15. The molecule has 0 aliphatic rings. The van der Waals surface area contributed by atoms with Gasteiger partial charge in [-0.05, 0) is 12.5 Å². The largest absolute Gasteiger partial charge is 0.394 e. The molecule has 1 rings (SSSR count). The maximum absolute atomic E-state index is 12.1. The number of hydrogen-bond acceptors (Lipinski definition) is 2. The zero-order valence-corrected chi connectivity index (χ0v) is 6.37. The molecule has 0 aromatic carbocycles. The van der Waals surface area contributed by atoms with E-state index in [0.717, 1.165) is 5.56 Å². The van der Waals surface area contributed by atoms with Gasteiger partial charge in [-0.2, -0.15) is 5.10 Å². The third-order valence-electron chi connectivity index (χ3n) is 1.49. The average molecular weight is 158 g/mol. The predicted molar refractivity (Wildman–Crippen MR) is 39.1 cm³/mol. The second kappa shape index (κ2) is 3.48. The van der Waals surface area contributed by atoms with Crippen LogP contribution < -0.4 is 0 Å². The zero-order valence-electron chi connectivity index (χ0n) is 6.37. The Morgan fingerprint density at radius 2 is 2.55 bits per heavy atom. The summed E-state index contributed by atoms with van der Waals surface area (Å²) in [5.74, 6) is 0. The van der Waals surface area contributed by atoms with Crippen molar-refractivity contribution in [1.29, 1.82) is 0 Å². The number of aryl methyl sites for hydroxylation is 1. The Kier molecular flexibility index (Phi) is 2.59. The summed E-state index contributed by atoms with van der Waals surface area (Å²) in [5, 5.41) is 12.6. The van der Waals surface area contributed by atoms with Crippen LogP contribution in [0.4, 0.5) is 4.39 Å². The van der Waals surface area contributed by atoms with Crippen LogP contribution in [-0.2, 0) is 0 Å². The highest BCUT2D eigenvalue weighted by Gasteiger charge is 2.08. The summed E-state index contributed by atoms with van der Waals surface area (Å²) in [5.41, 5.74) is 0.969. The van der Waals surface area contributed by atoms with E-state index < -0.39 is 12.7 Å². The lowest BCUT2D eigenvalue weighted by Gasteiger charge is -2.08. The molecule has 1 atom stereocenters. The van der Waals surface area contributed by atoms with Gasteiger partial charge in [-0.15, -0.1) is 0 Å². The quantitative estimate of drug-likeness (QED) is 0.703. The third kappa shape index (κ3) is 1.77. The van der Waals surface area contributed by atoms with Crippen LogP contribution >= 0.6 is 0 Å². The number of aromatic nitrogens is 2. The van der Waals surface area contributed by atoms with Crippen molar-refractivity contribution in [1.82, 2.24) is 9.78 Å². The summed E-state index contributed by atoms with van der Waals surface area (Å²) in [6.07, 6.45) is 3.35. The molecule has 1 aromatic rings. The maximum atomic E-state index is 12.1. The van der Waals surface area contributed by atoms with Crippen molar-refractivity contribution in [3.05, 3.63) is 18.0 Å². The Bertz CT molecular complexity index is 220. The molecule has 1 heterocycles. The predicted octanol–water partition coefficient (Wildman–Crippen LogP) is 0.694. The van der Waals surface area contributed by atoms with E-state index >= 15 is 0 Å². The molecule has 4 heteroatoms. The maximum Gasteiger partial charge on any atom is 0.114 e. The Morgan fingerprint density at radius 3 is 2.91 bits per heavy atom. The third-order valence-corrected chi connectivity index (χ3v) is 1.49. The molecule has 0 bridgehead atoms. The lowest BCUT2D eigenvalue weighted by molar-refractivity contribution is 0.190. The van der Waals surface area contributed by atoms with Crippen LogP contribution in [-0.4, -0.2) is 28.2 Å². The minimum atomic E-state index is -0.586. The van der Waals surface area contributed by atoms with Crippen molar-refractivity contribution in [2.75, 3.05) is 13.3 Å². The van der Waals surface area contributed by atoms with Crippen molar-refractivity contribution < 1.29 is 9.50 Å². The molecule has 1 N–H and O–H groups in total. The van der Waals surface area contributed by atoms with Gasteiger partial charge in [0.15, 0.2) is 0 Å². The molecular formula is C7H11FN2O. The summed E-state index contributed by atoms with van der Waals surface area (Å²) in [6, 6.07) is -0.524. The Balaban J connectivity index is 2.73. The van der Waals surface area contributed by atoms with E-state index in [1.54, 1.807) is 12.4 Å². The second-order valence-corrected chi connectivity index (χ2v) is 2.49. The summed E-state index contributed by atoms with van der Waals surface area (Å²) >= 11 is 0. The van der Waals surface area contributed by atoms with Gasteiger partial charge in [0, 0.05) is 6.20 Å². The first-order chi connectivity index (χ1) is 5.27. The summed E-state index contributed by atoms with van der Waals surface area (Å²) < 4.78 is 13.6. The highest BCUT2D eigenvalue weighted by molar-refractivity contribution is 5.00. The lowest BCUT2D eigenvalue weighted by atomic mass is 10.3. The molecule has 0 saturated heterocycles. The van der Waals surface area contributed by atoms with Crippen LogP contribution in [0.3, 0.4) is 0 Å². The van der Waals surface area contributed by atoms with Gasteiger partial charge < -0.3 is 5.11 Å². The van der Waals surface area contributed by atoms with Gasteiger partial charge in [-0.25, -0.2) is 4.39 Å². The van der Waals surface area contributed by atoms with E-state index in [2.05, 4.69) is 5.10 Å². The van der Waals surface area contributed by atoms with Crippen LogP contribution in [0.15, 0.2) is 12.4 Å². The number of nitrogens with zero attached hydrogens (tertiary/aromatic N) is 2. The molecule has 11 heavy (non-hydrogen) atoms. The fraction of sp³-hybridized carbons (Fsp3) is 0.571. The van der Waals surface area contributed by atoms with Crippen LogP contribution in [0.1, 0.15) is 11.6 Å². The molecule has 62 valence electrons. The van der Waals surface area contributed by atoms with Crippen LogP contribution in [0, 0.1) is 6.92 Å². The standard InChI is InChI=1S/C7H11FN2O/c1-6-3-9-10(4-6)7(2-8)5-11/h3-4,7,11H,2,5H2,1H3/t7-/m1/s1. The Labute approximate surface area is 64.5 Å². The minimum absolute atomic E-state index is 0.211. The molecule has 0 spiro atoms. The molecule has 0 aliphatic carbocycles. The van der Waals surface area contributed by atoms with E-state index in [4.69, 9.17) is 5.11 Å². The van der Waals surface area contributed by atoms with Gasteiger partial charge in [0.05, 0.1) is 12.8 Å². The van der Waals surface area contributed by atoms with Gasteiger partial charge in [0.25, 0.3) is 0 Å². The number of aliphatic hydroxyl groups excluding tert-OH is 1. The monoisotopic (exact) mass is 158 g/mol. The van der Waals surface area contributed by atoms with Gasteiger partial charge in [-0.1, -0.05) is 0 Å². The average Bonchev–Trinajstić information content (AvgIpc) is 2.39. The van der Waals surface area contributed by atoms with E-state index in [1.165, 1.54) is 4.68 Å². The molecule has 0 amide bonds. The first kappa shape index (κ1) is 8.20. The van der Waals surface area contributed by atoms with Crippen LogP contribution in [0.5, 0.6) is 0 Å². The van der Waals surface area contributed by atoms with E-state index in [9.17, 15) is 4.39 Å². The Hall–Kier alpha value is -0.900. The van der Waals surface area contributed by atoms with E-state index in [0.29, 0.717) is 0 Å². The highest BCUT2D eigenvalue weighted by Crippen LogP contribution is 2.05. The number of aliphatic hydroxyl groups is 1. The van der Waals surface area contributed by atoms with E-state index in [1.807, 2.05) is 6.92 Å². The molecule has 0 unspecified atom stereocenters. The van der Waals surface area contributed by atoms with Crippen molar-refractivity contribution in [3.63, 3.8) is 0 Å². The first-order valence-corrected chi connectivity index (χ1v) is 3.45. The molecule has 3 nitrogen and oxygen atoms in total. The van der Waals surface area contributed by atoms with Crippen molar-refractivity contribution >= 4 is 0 Å². The van der Waals surface area contributed by atoms with Crippen molar-refractivity contribution in [2.45, 2.75) is 13.0 Å². The normalized spacial score (nSPS) is 13.4. The summed E-state index contributed by atoms with van der Waals surface area (Å²) in [7, 11) is 0. The molecular weight excluding hydrogens is 147 g/mol. The SMILES string of the molecule is Cc1cnn([C@@H](CO)CF)c1. The topological polar surface area (TPSA) is 38.0 Å². The molecule has 0 aliphatic heterocycles. The fourth-order valence-corrected chi connectivity index (χ4v) is 0.836. The van der Waals surface area contributed by atoms with E-state index in [-0.39, 0.29) is 6.61 Å². The van der Waals surface area contributed by atoms with Crippen molar-refractivity contribution in [2.24, 2.45) is 0 Å². The number of hydrogen-bond donors (Lipinski definition) is 1. The zero-order chi connectivity index (χ0) is 8.27. The molecule has 0 saturated carbocycles. The Morgan fingerprint density at radius 1 is 1.82 bits per heavy atom. The first-order valence-electron chi connectivity index (χ1n) is 3.45. The number of halogens is 1. The van der Waals surface area contributed by atoms with Crippen LogP contribution in [0.2, 0.25) is 0 Å². The molecule has 0 radical (unpaired) electrons. The molecule has 1 aromatic heterocycles. The minimum Gasteiger partial charge on any atom is -0.394 e. The van der Waals surface area contributed by atoms with Gasteiger partial charge >= 0.3 is 0 Å². The summed E-state index contributed by atoms with van der Waals surface area (Å²) in [4.78, 5) is 0. The van der Waals surface area contributed by atoms with Crippen molar-refractivity contribution in [3.8, 4) is 0 Å². The fourth-order valence-electron chi connectivity index (χ4n) is 0.836. The van der Waals surface area contributed by atoms with Crippen LogP contribution in [0.25, 0.3) is 0 Å². The van der Waals surface area contributed by atoms with Gasteiger partial charge in [0.1, 0.15) is 12.7 Å². The smallest absolute Gasteiger partial charge is 0.114 e. The van der Waals surface area contributed by atoms with Gasteiger partial charge in [0.2, 0.25) is 0 Å². The summed E-state index contributed by atoms with van der Waals surface area (Å²) in [6.45, 7) is 1.07. The number of rotatable bonds is 3. The second-order valence-electron chi connectivity index (χ2n) is 2.49. The molecule has 0 fully saturated rings. The number of alkyl halides is 1. The highest BCUT2D eigenvalue weighted by atomic mass is 19.1. The van der Waals surface area contributed by atoms with Gasteiger partial charge in [-0.3, -0.25) is 4.68 Å².